The van der Waals surface area contributed by atoms with Gasteiger partial charge in [0.05, 0.1) is 6.04 Å². The molecule has 114 valence electrons. The number of hydrogen-bond acceptors (Lipinski definition) is 2. The largest absolute Gasteiger partial charge is 0.333 e. The van der Waals surface area contributed by atoms with Crippen LogP contribution in [0.1, 0.15) is 44.1 Å². The zero-order chi connectivity index (χ0) is 15.2. The van der Waals surface area contributed by atoms with Gasteiger partial charge in [-0.3, -0.25) is 0 Å². The van der Waals surface area contributed by atoms with Crippen LogP contribution in [-0.4, -0.2) is 16.1 Å². The van der Waals surface area contributed by atoms with Gasteiger partial charge in [0.2, 0.25) is 0 Å². The lowest BCUT2D eigenvalue weighted by Gasteiger charge is -2.21. The lowest BCUT2D eigenvalue weighted by Crippen LogP contribution is -2.27. The highest BCUT2D eigenvalue weighted by Gasteiger charge is 2.20. The van der Waals surface area contributed by atoms with Crippen molar-refractivity contribution in [2.24, 2.45) is 0 Å². The van der Waals surface area contributed by atoms with E-state index < -0.39 is 0 Å². The van der Waals surface area contributed by atoms with Crippen LogP contribution in [0, 0.1) is 9.39 Å². The van der Waals surface area contributed by atoms with E-state index in [9.17, 15) is 4.39 Å². The molecule has 2 aromatic rings. The molecule has 0 saturated carbocycles. The molecule has 0 bridgehead atoms. The molecule has 1 atom stereocenters. The van der Waals surface area contributed by atoms with Crippen molar-refractivity contribution in [3.05, 3.63) is 51.4 Å². The van der Waals surface area contributed by atoms with Gasteiger partial charge in [0.1, 0.15) is 11.6 Å². The minimum Gasteiger partial charge on any atom is -0.333 e. The molecule has 1 aromatic carbocycles. The van der Waals surface area contributed by atoms with Crippen molar-refractivity contribution in [3.8, 4) is 0 Å². The van der Waals surface area contributed by atoms with Crippen LogP contribution in [0.2, 0.25) is 0 Å². The number of aromatic nitrogens is 2. The summed E-state index contributed by atoms with van der Waals surface area (Å²) in [6.07, 6.45) is 5.95. The Morgan fingerprint density at radius 3 is 2.81 bits per heavy atom. The van der Waals surface area contributed by atoms with Gasteiger partial charge in [-0.25, -0.2) is 9.37 Å². The SMILES string of the molecule is CCCNC(c1ccc(F)cc1I)c1nccn1CCC. The van der Waals surface area contributed by atoms with Gasteiger partial charge in [0.15, 0.2) is 0 Å². The van der Waals surface area contributed by atoms with Gasteiger partial charge in [-0.05, 0) is 59.7 Å². The number of hydrogen-bond donors (Lipinski definition) is 1. The molecule has 21 heavy (non-hydrogen) atoms. The van der Waals surface area contributed by atoms with E-state index in [1.165, 1.54) is 6.07 Å². The zero-order valence-corrected chi connectivity index (χ0v) is 14.6. The number of rotatable bonds is 7. The van der Waals surface area contributed by atoms with Crippen LogP contribution in [0.5, 0.6) is 0 Å². The van der Waals surface area contributed by atoms with Crippen LogP contribution in [0.3, 0.4) is 0 Å². The van der Waals surface area contributed by atoms with Crippen LogP contribution in [0.15, 0.2) is 30.6 Å². The third kappa shape index (κ3) is 4.03. The molecule has 0 amide bonds. The second-order valence-electron chi connectivity index (χ2n) is 5.03. The van der Waals surface area contributed by atoms with Crippen molar-refractivity contribution in [1.82, 2.24) is 14.9 Å². The van der Waals surface area contributed by atoms with Crippen LogP contribution in [-0.2, 0) is 6.54 Å². The minimum absolute atomic E-state index is 0.000926. The Balaban J connectivity index is 2.39. The lowest BCUT2D eigenvalue weighted by atomic mass is 10.1. The average molecular weight is 401 g/mol. The molecule has 1 unspecified atom stereocenters. The molecule has 0 spiro atoms. The number of benzene rings is 1. The van der Waals surface area contributed by atoms with Gasteiger partial charge in [-0.15, -0.1) is 0 Å². The molecule has 3 nitrogen and oxygen atoms in total. The van der Waals surface area contributed by atoms with E-state index >= 15 is 0 Å². The maximum atomic E-state index is 13.4. The fraction of sp³-hybridized carbons (Fsp3) is 0.438. The van der Waals surface area contributed by atoms with Crippen molar-refractivity contribution in [3.63, 3.8) is 0 Å². The topological polar surface area (TPSA) is 29.9 Å². The maximum Gasteiger partial charge on any atom is 0.130 e. The predicted molar refractivity (Wildman–Crippen MR) is 91.8 cm³/mol. The van der Waals surface area contributed by atoms with Gasteiger partial charge < -0.3 is 9.88 Å². The summed E-state index contributed by atoms with van der Waals surface area (Å²) in [7, 11) is 0. The van der Waals surface area contributed by atoms with Gasteiger partial charge in [0, 0.05) is 22.5 Å². The van der Waals surface area contributed by atoms with Crippen molar-refractivity contribution in [1.29, 1.82) is 0 Å². The Morgan fingerprint density at radius 1 is 1.33 bits per heavy atom. The average Bonchev–Trinajstić information content (AvgIpc) is 2.90. The molecule has 1 aromatic heterocycles. The third-order valence-corrected chi connectivity index (χ3v) is 4.28. The van der Waals surface area contributed by atoms with Crippen LogP contribution in [0.4, 0.5) is 4.39 Å². The first-order valence-corrected chi connectivity index (χ1v) is 8.44. The first kappa shape index (κ1) is 16.4. The quantitative estimate of drug-likeness (QED) is 0.708. The Hall–Kier alpha value is -0.950. The molecular weight excluding hydrogens is 380 g/mol. The summed E-state index contributed by atoms with van der Waals surface area (Å²) >= 11 is 2.19. The monoisotopic (exact) mass is 401 g/mol. The van der Waals surface area contributed by atoms with E-state index in [2.05, 4.69) is 51.3 Å². The Labute approximate surface area is 139 Å². The number of imidazole rings is 1. The summed E-state index contributed by atoms with van der Waals surface area (Å²) < 4.78 is 16.5. The first-order chi connectivity index (χ1) is 10.2. The van der Waals surface area contributed by atoms with Gasteiger partial charge in [-0.1, -0.05) is 19.9 Å². The molecule has 2 rings (SSSR count). The lowest BCUT2D eigenvalue weighted by molar-refractivity contribution is 0.527. The standard InChI is InChI=1S/C16H21FIN3/c1-3-7-19-15(13-6-5-12(17)11-14(13)18)16-20-8-10-21(16)9-4-2/h5-6,8,10-11,15,19H,3-4,7,9H2,1-2H3. The summed E-state index contributed by atoms with van der Waals surface area (Å²) in [5, 5.41) is 3.54. The molecular formula is C16H21FIN3. The molecule has 0 aliphatic rings. The summed E-state index contributed by atoms with van der Waals surface area (Å²) in [5.41, 5.74) is 1.08. The second kappa shape index (κ2) is 7.89. The normalized spacial score (nSPS) is 12.6. The smallest absolute Gasteiger partial charge is 0.130 e. The molecule has 1 heterocycles. The van der Waals surface area contributed by atoms with Gasteiger partial charge in [-0.2, -0.15) is 0 Å². The number of nitrogens with zero attached hydrogens (tertiary/aromatic N) is 2. The maximum absolute atomic E-state index is 13.4. The Bertz CT molecular complexity index is 583. The summed E-state index contributed by atoms with van der Waals surface area (Å²) in [6, 6.07) is 4.95. The van der Waals surface area contributed by atoms with E-state index in [1.807, 2.05) is 18.5 Å². The van der Waals surface area contributed by atoms with Crippen LogP contribution < -0.4 is 5.32 Å². The van der Waals surface area contributed by atoms with E-state index in [-0.39, 0.29) is 11.9 Å². The highest BCUT2D eigenvalue weighted by Crippen LogP contribution is 2.26. The van der Waals surface area contributed by atoms with E-state index in [4.69, 9.17) is 0 Å². The molecule has 0 saturated heterocycles. The van der Waals surface area contributed by atoms with Gasteiger partial charge in [0.25, 0.3) is 0 Å². The van der Waals surface area contributed by atoms with E-state index in [0.717, 1.165) is 40.9 Å². The fourth-order valence-electron chi connectivity index (χ4n) is 2.38. The Morgan fingerprint density at radius 2 is 2.14 bits per heavy atom. The van der Waals surface area contributed by atoms with Crippen molar-refractivity contribution in [2.75, 3.05) is 6.54 Å². The molecule has 0 aliphatic heterocycles. The number of aryl methyl sites for hydroxylation is 1. The Kier molecular flexibility index (Phi) is 6.17. The predicted octanol–water partition coefficient (Wildman–Crippen LogP) is 4.13. The third-order valence-electron chi connectivity index (χ3n) is 3.34. The van der Waals surface area contributed by atoms with Gasteiger partial charge >= 0.3 is 0 Å². The second-order valence-corrected chi connectivity index (χ2v) is 6.19. The number of halogens is 2. The summed E-state index contributed by atoms with van der Waals surface area (Å²) in [6.45, 7) is 6.13. The van der Waals surface area contributed by atoms with Crippen LogP contribution >= 0.6 is 22.6 Å². The molecule has 0 fully saturated rings. The highest BCUT2D eigenvalue weighted by molar-refractivity contribution is 14.1. The first-order valence-electron chi connectivity index (χ1n) is 7.36. The summed E-state index contributed by atoms with van der Waals surface area (Å²) in [5.74, 6) is 0.795. The summed E-state index contributed by atoms with van der Waals surface area (Å²) in [4.78, 5) is 4.53. The van der Waals surface area contributed by atoms with E-state index in [1.54, 1.807) is 6.07 Å². The minimum atomic E-state index is -0.200. The molecule has 5 heteroatoms. The fourth-order valence-corrected chi connectivity index (χ4v) is 3.16. The van der Waals surface area contributed by atoms with Crippen molar-refractivity contribution >= 4 is 22.6 Å². The van der Waals surface area contributed by atoms with Crippen molar-refractivity contribution in [2.45, 2.75) is 39.3 Å². The van der Waals surface area contributed by atoms with E-state index in [0.29, 0.717) is 0 Å². The van der Waals surface area contributed by atoms with Crippen LogP contribution in [0.25, 0.3) is 0 Å². The zero-order valence-electron chi connectivity index (χ0n) is 12.4. The van der Waals surface area contributed by atoms with Crippen molar-refractivity contribution < 1.29 is 4.39 Å². The molecule has 0 aliphatic carbocycles. The molecule has 1 N–H and O–H groups in total. The number of nitrogens with one attached hydrogen (secondary N) is 1. The molecule has 0 radical (unpaired) electrons. The highest BCUT2D eigenvalue weighted by atomic mass is 127.